The van der Waals surface area contributed by atoms with E-state index in [0.29, 0.717) is 12.0 Å². The standard InChI is InChI=1S/C8H12N2O/c1-6-3-8(6)10(5-11)7(2)4-9/h5-8H,3H2,1-2H3. The Morgan fingerprint density at radius 2 is 2.36 bits per heavy atom. The monoisotopic (exact) mass is 152 g/mol. The van der Waals surface area contributed by atoms with E-state index in [1.165, 1.54) is 0 Å². The number of nitrogens with zero attached hydrogens (tertiary/aromatic N) is 2. The van der Waals surface area contributed by atoms with E-state index in [1.807, 2.05) is 0 Å². The smallest absolute Gasteiger partial charge is 0.211 e. The van der Waals surface area contributed by atoms with Gasteiger partial charge in [0.15, 0.2) is 0 Å². The van der Waals surface area contributed by atoms with Gasteiger partial charge in [-0.2, -0.15) is 5.26 Å². The van der Waals surface area contributed by atoms with E-state index < -0.39 is 0 Å². The number of carbonyl (C=O) groups excluding carboxylic acids is 1. The fraction of sp³-hybridized carbons (Fsp3) is 0.750. The minimum Gasteiger partial charge on any atom is -0.326 e. The Balaban J connectivity index is 2.51. The molecule has 0 bridgehead atoms. The molecular formula is C8H12N2O. The van der Waals surface area contributed by atoms with E-state index in [9.17, 15) is 4.79 Å². The van der Waals surface area contributed by atoms with Crippen molar-refractivity contribution >= 4 is 6.41 Å². The van der Waals surface area contributed by atoms with Gasteiger partial charge in [0.25, 0.3) is 0 Å². The maximum absolute atomic E-state index is 10.5. The van der Waals surface area contributed by atoms with Crippen LogP contribution in [0.25, 0.3) is 0 Å². The Morgan fingerprint density at radius 3 is 2.64 bits per heavy atom. The number of carbonyl (C=O) groups is 1. The molecule has 0 aromatic rings. The van der Waals surface area contributed by atoms with E-state index in [4.69, 9.17) is 5.26 Å². The van der Waals surface area contributed by atoms with E-state index in [1.54, 1.807) is 11.8 Å². The molecule has 11 heavy (non-hydrogen) atoms. The fourth-order valence-electron chi connectivity index (χ4n) is 1.24. The molecule has 1 aliphatic carbocycles. The van der Waals surface area contributed by atoms with Crippen molar-refractivity contribution in [3.8, 4) is 6.07 Å². The molecule has 0 aromatic carbocycles. The van der Waals surface area contributed by atoms with Gasteiger partial charge < -0.3 is 4.90 Å². The first-order valence-electron chi connectivity index (χ1n) is 3.83. The van der Waals surface area contributed by atoms with Crippen LogP contribution in [-0.4, -0.2) is 23.4 Å². The summed E-state index contributed by atoms with van der Waals surface area (Å²) in [5.41, 5.74) is 0. The lowest BCUT2D eigenvalue weighted by atomic mass is 10.3. The van der Waals surface area contributed by atoms with Crippen LogP contribution in [-0.2, 0) is 4.79 Å². The Bertz CT molecular complexity index is 197. The number of rotatable bonds is 3. The second-order valence-electron chi connectivity index (χ2n) is 3.14. The minimum atomic E-state index is -0.276. The molecule has 3 nitrogen and oxygen atoms in total. The largest absolute Gasteiger partial charge is 0.326 e. The predicted molar refractivity (Wildman–Crippen MR) is 40.5 cm³/mol. The molecule has 3 atom stereocenters. The van der Waals surface area contributed by atoms with Gasteiger partial charge in [0, 0.05) is 6.04 Å². The molecule has 1 amide bonds. The van der Waals surface area contributed by atoms with E-state index >= 15 is 0 Å². The van der Waals surface area contributed by atoms with Gasteiger partial charge >= 0.3 is 0 Å². The Kier molecular flexibility index (Phi) is 2.13. The van der Waals surface area contributed by atoms with Crippen LogP contribution >= 0.6 is 0 Å². The average Bonchev–Trinajstić information content (AvgIpc) is 2.68. The Hall–Kier alpha value is -1.04. The van der Waals surface area contributed by atoms with Crippen LogP contribution in [0.3, 0.4) is 0 Å². The number of hydrogen-bond donors (Lipinski definition) is 0. The first-order chi connectivity index (χ1) is 5.20. The molecule has 3 heteroatoms. The van der Waals surface area contributed by atoms with Crippen LogP contribution in [0.1, 0.15) is 20.3 Å². The Morgan fingerprint density at radius 1 is 1.82 bits per heavy atom. The normalized spacial score (nSPS) is 30.3. The van der Waals surface area contributed by atoms with Gasteiger partial charge in [0.2, 0.25) is 6.41 Å². The van der Waals surface area contributed by atoms with Crippen molar-refractivity contribution in [1.29, 1.82) is 5.26 Å². The third-order valence-electron chi connectivity index (χ3n) is 2.21. The van der Waals surface area contributed by atoms with Crippen molar-refractivity contribution in [1.82, 2.24) is 4.90 Å². The summed E-state index contributed by atoms with van der Waals surface area (Å²) < 4.78 is 0. The van der Waals surface area contributed by atoms with Gasteiger partial charge in [-0.1, -0.05) is 6.92 Å². The molecule has 0 heterocycles. The summed E-state index contributed by atoms with van der Waals surface area (Å²) in [7, 11) is 0. The van der Waals surface area contributed by atoms with Crippen molar-refractivity contribution in [2.45, 2.75) is 32.4 Å². The van der Waals surface area contributed by atoms with Gasteiger partial charge in [0.1, 0.15) is 6.04 Å². The summed E-state index contributed by atoms with van der Waals surface area (Å²) in [4.78, 5) is 12.1. The number of amides is 1. The highest BCUT2D eigenvalue weighted by atomic mass is 16.1. The van der Waals surface area contributed by atoms with Gasteiger partial charge in [-0.15, -0.1) is 0 Å². The van der Waals surface area contributed by atoms with Crippen molar-refractivity contribution in [3.05, 3.63) is 0 Å². The molecule has 1 rings (SSSR count). The third kappa shape index (κ3) is 1.51. The summed E-state index contributed by atoms with van der Waals surface area (Å²) in [6.45, 7) is 3.84. The quantitative estimate of drug-likeness (QED) is 0.560. The highest BCUT2D eigenvalue weighted by Gasteiger charge is 2.39. The summed E-state index contributed by atoms with van der Waals surface area (Å²) >= 11 is 0. The van der Waals surface area contributed by atoms with Crippen LogP contribution in [0.2, 0.25) is 0 Å². The highest BCUT2D eigenvalue weighted by molar-refractivity contribution is 5.50. The van der Waals surface area contributed by atoms with Gasteiger partial charge in [0.05, 0.1) is 6.07 Å². The molecule has 0 N–H and O–H groups in total. The summed E-state index contributed by atoms with van der Waals surface area (Å²) in [6.07, 6.45) is 1.83. The van der Waals surface area contributed by atoms with Crippen LogP contribution in [0, 0.1) is 17.2 Å². The zero-order valence-electron chi connectivity index (χ0n) is 6.82. The van der Waals surface area contributed by atoms with Gasteiger partial charge in [-0.05, 0) is 19.3 Å². The molecule has 0 aliphatic heterocycles. The topological polar surface area (TPSA) is 44.1 Å². The highest BCUT2D eigenvalue weighted by Crippen LogP contribution is 2.34. The van der Waals surface area contributed by atoms with Crippen LogP contribution < -0.4 is 0 Å². The minimum absolute atomic E-state index is 0.276. The number of hydrogen-bond acceptors (Lipinski definition) is 2. The molecule has 0 aromatic heterocycles. The van der Waals surface area contributed by atoms with Crippen molar-refractivity contribution in [2.24, 2.45) is 5.92 Å². The molecule has 0 radical (unpaired) electrons. The summed E-state index contributed by atoms with van der Waals surface area (Å²) in [6, 6.07) is 2.10. The lowest BCUT2D eigenvalue weighted by molar-refractivity contribution is -0.119. The summed E-state index contributed by atoms with van der Waals surface area (Å²) in [5, 5.41) is 8.55. The van der Waals surface area contributed by atoms with Gasteiger partial charge in [-0.3, -0.25) is 4.79 Å². The Labute approximate surface area is 66.6 Å². The lowest BCUT2D eigenvalue weighted by Crippen LogP contribution is -2.33. The summed E-state index contributed by atoms with van der Waals surface area (Å²) in [5.74, 6) is 0.580. The third-order valence-corrected chi connectivity index (χ3v) is 2.21. The molecule has 1 saturated carbocycles. The zero-order chi connectivity index (χ0) is 8.43. The van der Waals surface area contributed by atoms with Crippen LogP contribution in [0.5, 0.6) is 0 Å². The molecule has 0 saturated heterocycles. The SMILES string of the molecule is CC1CC1N(C=O)C(C)C#N. The fourth-order valence-corrected chi connectivity index (χ4v) is 1.24. The maximum Gasteiger partial charge on any atom is 0.211 e. The van der Waals surface area contributed by atoms with E-state index in [2.05, 4.69) is 13.0 Å². The second-order valence-corrected chi connectivity index (χ2v) is 3.14. The van der Waals surface area contributed by atoms with Crippen LogP contribution in [0.15, 0.2) is 0 Å². The van der Waals surface area contributed by atoms with Crippen molar-refractivity contribution in [2.75, 3.05) is 0 Å². The molecule has 3 unspecified atom stereocenters. The zero-order valence-corrected chi connectivity index (χ0v) is 6.82. The van der Waals surface area contributed by atoms with Crippen molar-refractivity contribution in [3.63, 3.8) is 0 Å². The van der Waals surface area contributed by atoms with Gasteiger partial charge in [-0.25, -0.2) is 0 Å². The van der Waals surface area contributed by atoms with E-state index in [0.717, 1.165) is 12.8 Å². The predicted octanol–water partition coefficient (Wildman–Crippen LogP) is 0.765. The van der Waals surface area contributed by atoms with E-state index in [-0.39, 0.29) is 6.04 Å². The molecular weight excluding hydrogens is 140 g/mol. The molecule has 60 valence electrons. The number of nitriles is 1. The lowest BCUT2D eigenvalue weighted by Gasteiger charge is -2.18. The maximum atomic E-state index is 10.5. The molecule has 1 fully saturated rings. The van der Waals surface area contributed by atoms with Crippen molar-refractivity contribution < 1.29 is 4.79 Å². The first-order valence-corrected chi connectivity index (χ1v) is 3.83. The average molecular weight is 152 g/mol. The second kappa shape index (κ2) is 2.91. The van der Waals surface area contributed by atoms with Crippen LogP contribution in [0.4, 0.5) is 0 Å². The first kappa shape index (κ1) is 8.06. The molecule has 1 aliphatic rings. The molecule has 0 spiro atoms.